The summed E-state index contributed by atoms with van der Waals surface area (Å²) in [5.74, 6) is -0.269. The molecule has 0 bridgehead atoms. The zero-order valence-corrected chi connectivity index (χ0v) is 19.7. The molecule has 3 nitrogen and oxygen atoms in total. The molecule has 0 aliphatic carbocycles. The Kier molecular flexibility index (Phi) is 6.60. The van der Waals surface area contributed by atoms with Gasteiger partial charge < -0.3 is 4.98 Å². The molecule has 34 heavy (non-hydrogen) atoms. The second-order valence-corrected chi connectivity index (χ2v) is 8.14. The van der Waals surface area contributed by atoms with Crippen molar-refractivity contribution >= 4 is 22.0 Å². The summed E-state index contributed by atoms with van der Waals surface area (Å²) >= 11 is 0. The number of halogens is 1. The number of rotatable bonds is 7. The molecule has 0 fully saturated rings. The molecule has 0 saturated heterocycles. The van der Waals surface area contributed by atoms with Gasteiger partial charge in [-0.2, -0.15) is 5.10 Å². The quantitative estimate of drug-likeness (QED) is 0.275. The Hall–Kier alpha value is -4.18. The lowest BCUT2D eigenvalue weighted by Gasteiger charge is -2.08. The number of hydrogen-bond donors (Lipinski definition) is 2. The zero-order chi connectivity index (χ0) is 24.2. The van der Waals surface area contributed by atoms with Crippen molar-refractivity contribution in [2.75, 3.05) is 0 Å². The molecule has 0 unspecified atom stereocenters. The molecule has 0 amide bonds. The zero-order valence-electron chi connectivity index (χ0n) is 19.7. The fourth-order valence-corrected chi connectivity index (χ4v) is 4.36. The predicted octanol–water partition coefficient (Wildman–Crippen LogP) is 8.16. The van der Waals surface area contributed by atoms with Gasteiger partial charge in [-0.05, 0) is 67.3 Å². The van der Waals surface area contributed by atoms with Gasteiger partial charge in [0, 0.05) is 22.2 Å². The van der Waals surface area contributed by atoms with E-state index in [0.29, 0.717) is 5.56 Å². The van der Waals surface area contributed by atoms with Gasteiger partial charge in [0.2, 0.25) is 0 Å². The molecule has 4 heteroatoms. The molecule has 0 spiro atoms. The minimum absolute atomic E-state index is 0.269. The van der Waals surface area contributed by atoms with Crippen LogP contribution in [0.15, 0.2) is 97.6 Å². The first-order chi connectivity index (χ1) is 16.5. The smallest absolute Gasteiger partial charge is 0.131 e. The Morgan fingerprint density at radius 2 is 1.76 bits per heavy atom. The van der Waals surface area contributed by atoms with E-state index in [4.69, 9.17) is 0 Å². The van der Waals surface area contributed by atoms with E-state index in [1.165, 1.54) is 6.07 Å². The summed E-state index contributed by atoms with van der Waals surface area (Å²) in [4.78, 5) is 3.45. The van der Waals surface area contributed by atoms with Crippen LogP contribution in [0.1, 0.15) is 36.2 Å². The number of nitrogens with zero attached hydrogens (tertiary/aromatic N) is 1. The minimum atomic E-state index is -0.269. The van der Waals surface area contributed by atoms with Gasteiger partial charge >= 0.3 is 0 Å². The van der Waals surface area contributed by atoms with Gasteiger partial charge in [-0.1, -0.05) is 67.8 Å². The first kappa shape index (κ1) is 23.0. The van der Waals surface area contributed by atoms with Crippen molar-refractivity contribution in [3.8, 4) is 11.4 Å². The second kappa shape index (κ2) is 9.75. The molecule has 4 rings (SSSR count). The van der Waals surface area contributed by atoms with Crippen LogP contribution in [0.2, 0.25) is 0 Å². The van der Waals surface area contributed by atoms with Crippen LogP contribution >= 0.6 is 0 Å². The van der Waals surface area contributed by atoms with E-state index in [9.17, 15) is 4.39 Å². The maximum absolute atomic E-state index is 14.6. The summed E-state index contributed by atoms with van der Waals surface area (Å²) in [5, 5.41) is 8.75. The Bertz CT molecular complexity index is 1470. The number of aromatic amines is 2. The number of fused-ring (bicyclic) bond motifs is 1. The maximum atomic E-state index is 14.6. The van der Waals surface area contributed by atoms with Crippen LogP contribution in [0, 0.1) is 12.7 Å². The van der Waals surface area contributed by atoms with E-state index >= 15 is 0 Å². The maximum Gasteiger partial charge on any atom is 0.131 e. The Morgan fingerprint density at radius 3 is 2.47 bits per heavy atom. The molecule has 0 atom stereocenters. The van der Waals surface area contributed by atoms with Crippen molar-refractivity contribution in [2.45, 2.75) is 20.8 Å². The van der Waals surface area contributed by atoms with Gasteiger partial charge in [-0.3, -0.25) is 5.10 Å². The number of benzene rings is 2. The summed E-state index contributed by atoms with van der Waals surface area (Å²) in [6, 6.07) is 15.1. The molecule has 2 aromatic heterocycles. The Labute approximate surface area is 199 Å². The van der Waals surface area contributed by atoms with Gasteiger partial charge in [0.25, 0.3) is 0 Å². The lowest BCUT2D eigenvalue weighted by atomic mass is 9.96. The highest BCUT2D eigenvalue weighted by Crippen LogP contribution is 2.35. The van der Waals surface area contributed by atoms with Crippen LogP contribution in [0.4, 0.5) is 4.39 Å². The highest BCUT2D eigenvalue weighted by Gasteiger charge is 2.18. The lowest BCUT2D eigenvalue weighted by molar-refractivity contribution is 0.624. The van der Waals surface area contributed by atoms with Crippen LogP contribution in [0.25, 0.3) is 33.4 Å². The summed E-state index contributed by atoms with van der Waals surface area (Å²) in [6.45, 7) is 13.7. The first-order valence-corrected chi connectivity index (χ1v) is 11.2. The molecule has 0 aliphatic rings. The molecule has 170 valence electrons. The number of aryl methyl sites for hydroxylation is 1. The largest absolute Gasteiger partial charge is 0.357 e. The second-order valence-electron chi connectivity index (χ2n) is 8.14. The fourth-order valence-electron chi connectivity index (χ4n) is 4.36. The third kappa shape index (κ3) is 4.23. The van der Waals surface area contributed by atoms with Gasteiger partial charge in [-0.25, -0.2) is 4.39 Å². The Balaban J connectivity index is 1.84. The Morgan fingerprint density at radius 1 is 1.00 bits per heavy atom. The SMILES string of the molecule is C=C/C=C(C)\C(=C/C)c1ccc2[nH]nc(-c3cc(/C(=C\C=C)c4ccccc4F)c(C)[nH]3)c2c1. The number of nitrogens with one attached hydrogen (secondary N) is 2. The highest BCUT2D eigenvalue weighted by atomic mass is 19.1. The van der Waals surface area contributed by atoms with Crippen LogP contribution in [-0.2, 0) is 0 Å². The summed E-state index contributed by atoms with van der Waals surface area (Å²) in [5.41, 5.74) is 9.17. The molecular weight excluding hydrogens is 421 g/mol. The van der Waals surface area contributed by atoms with Crippen molar-refractivity contribution in [1.29, 1.82) is 0 Å². The summed E-state index contributed by atoms with van der Waals surface area (Å²) < 4.78 is 14.6. The van der Waals surface area contributed by atoms with Crippen molar-refractivity contribution in [3.05, 3.63) is 126 Å². The average Bonchev–Trinajstić information content (AvgIpc) is 3.42. The number of hydrogen-bond acceptors (Lipinski definition) is 1. The molecule has 4 aromatic rings. The monoisotopic (exact) mass is 449 g/mol. The standard InChI is InChI=1S/C30H28FN3/c1-6-11-19(4)22(8-3)21-15-16-28-26(17-21)30(34-33-28)29-18-25(20(5)32-29)23(12-7-2)24-13-9-10-14-27(24)31/h6-18,32H,1-2H2,3-5H3,(H,33,34)/b19-11-,22-8+,23-12-. The first-order valence-electron chi connectivity index (χ1n) is 11.2. The molecule has 0 radical (unpaired) electrons. The molecule has 0 aliphatic heterocycles. The van der Waals surface area contributed by atoms with Crippen molar-refractivity contribution < 1.29 is 4.39 Å². The molecule has 2 N–H and O–H groups in total. The summed E-state index contributed by atoms with van der Waals surface area (Å²) in [7, 11) is 0. The fraction of sp³-hybridized carbons (Fsp3) is 0.100. The van der Waals surface area contributed by atoms with Crippen LogP contribution in [0.3, 0.4) is 0 Å². The number of aromatic nitrogens is 3. The topological polar surface area (TPSA) is 44.5 Å². The van der Waals surface area contributed by atoms with Crippen molar-refractivity contribution in [2.24, 2.45) is 0 Å². The van der Waals surface area contributed by atoms with E-state index in [0.717, 1.165) is 55.8 Å². The van der Waals surface area contributed by atoms with Crippen molar-refractivity contribution in [3.63, 3.8) is 0 Å². The number of H-pyrrole nitrogens is 2. The third-order valence-electron chi connectivity index (χ3n) is 5.96. The normalized spacial score (nSPS) is 12.9. The molecule has 0 saturated carbocycles. The summed E-state index contributed by atoms with van der Waals surface area (Å²) in [6.07, 6.45) is 9.43. The van der Waals surface area contributed by atoms with Gasteiger partial charge in [0.1, 0.15) is 11.5 Å². The molecule has 2 aromatic carbocycles. The van der Waals surface area contributed by atoms with Crippen molar-refractivity contribution in [1.82, 2.24) is 15.2 Å². The van der Waals surface area contributed by atoms with Crippen LogP contribution in [-0.4, -0.2) is 15.2 Å². The lowest BCUT2D eigenvalue weighted by Crippen LogP contribution is -1.92. The highest BCUT2D eigenvalue weighted by molar-refractivity contribution is 5.96. The van der Waals surface area contributed by atoms with E-state index in [1.807, 2.05) is 44.2 Å². The average molecular weight is 450 g/mol. The van der Waals surface area contributed by atoms with E-state index in [-0.39, 0.29) is 5.82 Å². The van der Waals surface area contributed by atoms with Gasteiger partial charge in [-0.15, -0.1) is 0 Å². The number of allylic oxidation sites excluding steroid dienone is 7. The van der Waals surface area contributed by atoms with Gasteiger partial charge in [0.15, 0.2) is 0 Å². The molecule has 2 heterocycles. The van der Waals surface area contributed by atoms with Crippen LogP contribution in [0.5, 0.6) is 0 Å². The van der Waals surface area contributed by atoms with Crippen LogP contribution < -0.4 is 0 Å². The molecular formula is C30H28FN3. The van der Waals surface area contributed by atoms with E-state index in [2.05, 4.69) is 53.5 Å². The third-order valence-corrected chi connectivity index (χ3v) is 5.96. The minimum Gasteiger partial charge on any atom is -0.357 e. The van der Waals surface area contributed by atoms with E-state index < -0.39 is 0 Å². The van der Waals surface area contributed by atoms with Gasteiger partial charge in [0.05, 0.1) is 11.2 Å². The predicted molar refractivity (Wildman–Crippen MR) is 142 cm³/mol. The van der Waals surface area contributed by atoms with E-state index in [1.54, 1.807) is 24.3 Å².